The average molecular weight is 356 g/mol. The summed E-state index contributed by atoms with van der Waals surface area (Å²) in [6.07, 6.45) is 3.13. The lowest BCUT2D eigenvalue weighted by atomic mass is 10.2. The second-order valence-corrected chi connectivity index (χ2v) is 6.11. The summed E-state index contributed by atoms with van der Waals surface area (Å²) in [4.78, 5) is 33.6. The molecule has 2 heterocycles. The second kappa shape index (κ2) is 6.84. The number of aromatic nitrogens is 3. The summed E-state index contributed by atoms with van der Waals surface area (Å²) in [5.41, 5.74) is 2.51. The van der Waals surface area contributed by atoms with E-state index < -0.39 is 0 Å². The van der Waals surface area contributed by atoms with Gasteiger partial charge in [-0.15, -0.1) is 0 Å². The first-order valence-corrected chi connectivity index (χ1v) is 8.43. The largest absolute Gasteiger partial charge is 0.306 e. The van der Waals surface area contributed by atoms with Crippen molar-refractivity contribution in [3.05, 3.63) is 94.7 Å². The van der Waals surface area contributed by atoms with Crippen molar-refractivity contribution >= 4 is 22.6 Å². The highest BCUT2D eigenvalue weighted by Crippen LogP contribution is 2.14. The number of rotatable bonds is 3. The number of para-hydroxylation sites is 1. The maximum Gasteiger partial charge on any atom is 0.265 e. The fourth-order valence-corrected chi connectivity index (χ4v) is 2.82. The molecule has 0 aliphatic carbocycles. The number of benzene rings is 2. The quantitative estimate of drug-likeness (QED) is 0.611. The van der Waals surface area contributed by atoms with Gasteiger partial charge in [-0.2, -0.15) is 0 Å². The second-order valence-electron chi connectivity index (χ2n) is 6.11. The molecule has 0 fully saturated rings. The number of carbonyl (C=O) groups excluding carboxylic acids is 1. The van der Waals surface area contributed by atoms with Gasteiger partial charge in [-0.05, 0) is 55.0 Å². The van der Waals surface area contributed by atoms with Gasteiger partial charge in [0.25, 0.3) is 11.5 Å². The van der Waals surface area contributed by atoms with Gasteiger partial charge in [-0.25, -0.2) is 9.97 Å². The molecular weight excluding hydrogens is 340 g/mol. The van der Waals surface area contributed by atoms with Crippen LogP contribution in [0, 0.1) is 6.92 Å². The number of nitrogens with zero attached hydrogens (tertiary/aromatic N) is 3. The molecule has 0 spiro atoms. The van der Waals surface area contributed by atoms with Crippen molar-refractivity contribution < 1.29 is 4.79 Å². The highest BCUT2D eigenvalue weighted by molar-refractivity contribution is 6.04. The summed E-state index contributed by atoms with van der Waals surface area (Å²) in [6, 6.07) is 17.7. The third-order valence-electron chi connectivity index (χ3n) is 4.31. The van der Waals surface area contributed by atoms with Crippen molar-refractivity contribution in [1.82, 2.24) is 14.5 Å². The van der Waals surface area contributed by atoms with Crippen LogP contribution in [0.25, 0.3) is 16.6 Å². The first kappa shape index (κ1) is 16.7. The lowest BCUT2D eigenvalue weighted by Crippen LogP contribution is -2.19. The molecule has 27 heavy (non-hydrogen) atoms. The molecule has 0 saturated carbocycles. The molecule has 0 radical (unpaired) electrons. The molecule has 0 saturated heterocycles. The van der Waals surface area contributed by atoms with Crippen LogP contribution in [0.1, 0.15) is 15.9 Å². The summed E-state index contributed by atoms with van der Waals surface area (Å²) in [6.45, 7) is 1.88. The van der Waals surface area contributed by atoms with Crippen molar-refractivity contribution in [2.24, 2.45) is 0 Å². The Labute approximate surface area is 155 Å². The molecule has 0 atom stereocenters. The maximum absolute atomic E-state index is 12.7. The van der Waals surface area contributed by atoms with Crippen molar-refractivity contribution in [2.75, 3.05) is 5.32 Å². The molecule has 0 aliphatic rings. The molecule has 4 rings (SSSR count). The number of hydrogen-bond acceptors (Lipinski definition) is 4. The number of pyridine rings is 1. The van der Waals surface area contributed by atoms with Crippen LogP contribution < -0.4 is 10.9 Å². The fourth-order valence-electron chi connectivity index (χ4n) is 2.82. The van der Waals surface area contributed by atoms with Gasteiger partial charge in [0.1, 0.15) is 12.1 Å². The Bertz CT molecular complexity index is 1200. The Morgan fingerprint density at radius 1 is 0.963 bits per heavy atom. The van der Waals surface area contributed by atoms with Gasteiger partial charge in [-0.1, -0.05) is 18.2 Å². The van der Waals surface area contributed by atoms with Gasteiger partial charge in [0.15, 0.2) is 0 Å². The van der Waals surface area contributed by atoms with Gasteiger partial charge >= 0.3 is 0 Å². The number of carbonyl (C=O) groups is 1. The molecule has 6 heteroatoms. The van der Waals surface area contributed by atoms with Crippen LogP contribution in [0.2, 0.25) is 0 Å². The van der Waals surface area contributed by atoms with E-state index in [0.717, 1.165) is 5.56 Å². The predicted molar refractivity (Wildman–Crippen MR) is 104 cm³/mol. The number of anilines is 1. The topological polar surface area (TPSA) is 76.9 Å². The summed E-state index contributed by atoms with van der Waals surface area (Å²) >= 11 is 0. The Kier molecular flexibility index (Phi) is 4.22. The third-order valence-corrected chi connectivity index (χ3v) is 4.31. The van der Waals surface area contributed by atoms with Crippen LogP contribution in [-0.2, 0) is 0 Å². The van der Waals surface area contributed by atoms with Gasteiger partial charge in [0, 0.05) is 11.8 Å². The van der Waals surface area contributed by atoms with Crippen molar-refractivity contribution in [1.29, 1.82) is 0 Å². The van der Waals surface area contributed by atoms with Crippen LogP contribution in [0.5, 0.6) is 0 Å². The van der Waals surface area contributed by atoms with Crippen LogP contribution in [0.4, 0.5) is 5.82 Å². The molecular formula is C21H16N4O2. The number of amides is 1. The van der Waals surface area contributed by atoms with E-state index in [1.54, 1.807) is 42.6 Å². The zero-order valence-electron chi connectivity index (χ0n) is 14.6. The first-order valence-electron chi connectivity index (χ1n) is 8.43. The summed E-state index contributed by atoms with van der Waals surface area (Å²) in [5.74, 6) is 0.272. The summed E-state index contributed by atoms with van der Waals surface area (Å²) in [5, 5.41) is 3.34. The van der Waals surface area contributed by atoms with E-state index in [2.05, 4.69) is 15.3 Å². The van der Waals surface area contributed by atoms with E-state index >= 15 is 0 Å². The normalized spacial score (nSPS) is 10.7. The van der Waals surface area contributed by atoms with Gasteiger partial charge in [0.05, 0.1) is 16.6 Å². The fraction of sp³-hybridized carbons (Fsp3) is 0.0476. The molecule has 0 aliphatic heterocycles. The molecule has 2 aromatic carbocycles. The number of hydrogen-bond donors (Lipinski definition) is 1. The van der Waals surface area contributed by atoms with E-state index in [1.807, 2.05) is 31.2 Å². The van der Waals surface area contributed by atoms with Gasteiger partial charge in [0.2, 0.25) is 0 Å². The standard InChI is InChI=1S/C21H16N4O2/c1-14-5-4-12-22-19(14)24-20(26)15-8-10-16(11-9-15)25-13-23-18-7-3-2-6-17(18)21(25)27/h2-13H,1H3,(H,22,24,26). The number of nitrogens with one attached hydrogen (secondary N) is 1. The molecule has 0 bridgehead atoms. The zero-order chi connectivity index (χ0) is 18.8. The molecule has 132 valence electrons. The van der Waals surface area contributed by atoms with Gasteiger partial charge < -0.3 is 5.32 Å². The van der Waals surface area contributed by atoms with Crippen LogP contribution >= 0.6 is 0 Å². The van der Waals surface area contributed by atoms with E-state index in [9.17, 15) is 9.59 Å². The highest BCUT2D eigenvalue weighted by atomic mass is 16.1. The average Bonchev–Trinajstić information content (AvgIpc) is 2.70. The Morgan fingerprint density at radius 3 is 2.52 bits per heavy atom. The molecule has 1 amide bonds. The van der Waals surface area contributed by atoms with E-state index in [4.69, 9.17) is 0 Å². The summed E-state index contributed by atoms with van der Waals surface area (Å²) in [7, 11) is 0. The van der Waals surface area contributed by atoms with Crippen molar-refractivity contribution in [3.8, 4) is 5.69 Å². The number of fused-ring (bicyclic) bond motifs is 1. The Hall–Kier alpha value is -3.80. The first-order chi connectivity index (χ1) is 13.1. The lowest BCUT2D eigenvalue weighted by molar-refractivity contribution is 0.102. The summed E-state index contributed by atoms with van der Waals surface area (Å²) < 4.78 is 1.47. The van der Waals surface area contributed by atoms with Gasteiger partial charge in [-0.3, -0.25) is 14.2 Å². The van der Waals surface area contributed by atoms with E-state index in [-0.39, 0.29) is 11.5 Å². The smallest absolute Gasteiger partial charge is 0.265 e. The molecule has 4 aromatic rings. The minimum atomic E-state index is -0.257. The monoisotopic (exact) mass is 356 g/mol. The number of aryl methyl sites for hydroxylation is 1. The molecule has 2 aromatic heterocycles. The van der Waals surface area contributed by atoms with Crippen molar-refractivity contribution in [3.63, 3.8) is 0 Å². The van der Waals surface area contributed by atoms with Crippen LogP contribution in [0.15, 0.2) is 78.0 Å². The molecule has 0 unspecified atom stereocenters. The van der Waals surface area contributed by atoms with E-state index in [1.165, 1.54) is 10.9 Å². The Balaban J connectivity index is 1.63. The zero-order valence-corrected chi connectivity index (χ0v) is 14.6. The predicted octanol–water partition coefficient (Wildman–Crippen LogP) is 3.34. The van der Waals surface area contributed by atoms with Crippen LogP contribution in [0.3, 0.4) is 0 Å². The van der Waals surface area contributed by atoms with Crippen molar-refractivity contribution in [2.45, 2.75) is 6.92 Å². The SMILES string of the molecule is Cc1cccnc1NC(=O)c1ccc(-n2cnc3ccccc3c2=O)cc1. The van der Waals surface area contributed by atoms with Crippen LogP contribution in [-0.4, -0.2) is 20.4 Å². The lowest BCUT2D eigenvalue weighted by Gasteiger charge is -2.09. The molecule has 6 nitrogen and oxygen atoms in total. The minimum Gasteiger partial charge on any atom is -0.306 e. The third kappa shape index (κ3) is 3.20. The highest BCUT2D eigenvalue weighted by Gasteiger charge is 2.10. The minimum absolute atomic E-state index is 0.151. The molecule has 1 N–H and O–H groups in total. The van der Waals surface area contributed by atoms with E-state index in [0.29, 0.717) is 28.0 Å². The maximum atomic E-state index is 12.7. The Morgan fingerprint density at radius 2 is 1.74 bits per heavy atom.